The first-order chi connectivity index (χ1) is 20.1. The van der Waals surface area contributed by atoms with Crippen molar-refractivity contribution in [3.05, 3.63) is 59.2 Å². The minimum Gasteiger partial charge on any atom is -0.465 e. The number of aromatic nitrogens is 4. The zero-order chi connectivity index (χ0) is 30.0. The van der Waals surface area contributed by atoms with E-state index in [0.29, 0.717) is 33.2 Å². The van der Waals surface area contributed by atoms with Crippen LogP contribution in [0.2, 0.25) is 0 Å². The number of nitrogens with one attached hydrogen (secondary N) is 3. The Morgan fingerprint density at radius 3 is 1.93 bits per heavy atom. The second-order valence-electron chi connectivity index (χ2n) is 10.1. The molecule has 2 aliphatic rings. The number of halogens is 3. The molecule has 3 heterocycles. The molecule has 0 spiro atoms. The van der Waals surface area contributed by atoms with Gasteiger partial charge in [-0.15, -0.1) is 0 Å². The first-order valence-corrected chi connectivity index (χ1v) is 14.5. The number of carbonyl (C=O) groups excluding carboxylic acids is 3. The van der Waals surface area contributed by atoms with E-state index in [9.17, 15) is 14.4 Å². The largest absolute Gasteiger partial charge is 0.465 e. The van der Waals surface area contributed by atoms with Crippen molar-refractivity contribution in [2.45, 2.75) is 41.6 Å². The third-order valence-electron chi connectivity index (χ3n) is 7.25. The average molecular weight is 636 g/mol. The molecule has 2 fully saturated rings. The highest BCUT2D eigenvalue weighted by Crippen LogP contribution is 2.37. The number of ether oxygens (including phenoxy) is 2. The maximum Gasteiger partial charge on any atom is 0.340 e. The molecule has 1 saturated carbocycles. The molecule has 2 aromatic carbocycles. The van der Waals surface area contributed by atoms with Gasteiger partial charge in [0.2, 0.25) is 3.79 Å². The van der Waals surface area contributed by atoms with Gasteiger partial charge in [0.05, 0.1) is 36.4 Å². The predicted octanol–water partition coefficient (Wildman–Crippen LogP) is 4.88. The van der Waals surface area contributed by atoms with Crippen molar-refractivity contribution < 1.29 is 23.9 Å². The molecular weight excluding hydrogens is 607 g/mol. The number of piperidine rings is 1. The van der Waals surface area contributed by atoms with Crippen LogP contribution in [-0.4, -0.2) is 82.1 Å². The van der Waals surface area contributed by atoms with Gasteiger partial charge in [-0.25, -0.2) is 19.6 Å². The first-order valence-electron chi connectivity index (χ1n) is 13.3. The topological polar surface area (TPSA) is 142 Å². The maximum absolute atomic E-state index is 12.5. The number of likely N-dealkylation sites (tertiary alicyclic amines) is 1. The first kappa shape index (κ1) is 30.1. The Morgan fingerprint density at radius 1 is 0.857 bits per heavy atom. The van der Waals surface area contributed by atoms with Gasteiger partial charge in [0.15, 0.2) is 11.6 Å². The number of rotatable bonds is 5. The summed E-state index contributed by atoms with van der Waals surface area (Å²) in [6, 6.07) is 11.1. The molecule has 0 bridgehead atoms. The summed E-state index contributed by atoms with van der Waals surface area (Å²) in [5.41, 5.74) is 2.81. The highest BCUT2D eigenvalue weighted by molar-refractivity contribution is 6.66. The normalized spacial score (nSPS) is 16.1. The minimum atomic E-state index is -1.66. The number of hydrogen-bond acceptors (Lipinski definition) is 8. The van der Waals surface area contributed by atoms with Gasteiger partial charge in [0, 0.05) is 25.2 Å². The standard InChI is InChI=1S/C18H22N4O3.C10H7Cl3N2O2/c1-25-18(24)13-3-2-4-14-15(13)21-16(20-14)17(23)19-11-7-9-22(10-8-11)12-5-6-12;1-17-8(16)5-3-2-4-6-7(5)15-9(14-6)10(11,12)13/h2-4,11-12H,5-10H2,1H3,(H,19,23)(H,20,21);2-4H,1H3,(H,14,15). The van der Waals surface area contributed by atoms with Gasteiger partial charge in [-0.05, 0) is 49.9 Å². The van der Waals surface area contributed by atoms with Gasteiger partial charge in [0.1, 0.15) is 11.0 Å². The molecule has 222 valence electrons. The van der Waals surface area contributed by atoms with Crippen molar-refractivity contribution in [1.29, 1.82) is 0 Å². The van der Waals surface area contributed by atoms with Crippen LogP contribution in [0.4, 0.5) is 0 Å². The molecule has 0 unspecified atom stereocenters. The van der Waals surface area contributed by atoms with Crippen LogP contribution in [0, 0.1) is 0 Å². The fourth-order valence-corrected chi connectivity index (χ4v) is 5.23. The molecule has 2 aromatic heterocycles. The minimum absolute atomic E-state index is 0.161. The van der Waals surface area contributed by atoms with Crippen LogP contribution in [0.15, 0.2) is 36.4 Å². The lowest BCUT2D eigenvalue weighted by molar-refractivity contribution is 0.0594. The summed E-state index contributed by atoms with van der Waals surface area (Å²) in [6.45, 7) is 2.09. The van der Waals surface area contributed by atoms with Gasteiger partial charge in [-0.2, -0.15) is 0 Å². The predicted molar refractivity (Wildman–Crippen MR) is 159 cm³/mol. The third kappa shape index (κ3) is 6.64. The molecule has 11 nitrogen and oxygen atoms in total. The van der Waals surface area contributed by atoms with Crippen LogP contribution >= 0.6 is 34.8 Å². The zero-order valence-corrected chi connectivity index (χ0v) is 25.1. The Kier molecular flexibility index (Phi) is 8.93. The number of alkyl halides is 3. The van der Waals surface area contributed by atoms with Crippen LogP contribution in [0.1, 0.15) is 62.8 Å². The van der Waals surface area contributed by atoms with Crippen LogP contribution in [0.5, 0.6) is 0 Å². The van der Waals surface area contributed by atoms with Crippen molar-refractivity contribution in [3.8, 4) is 0 Å². The van der Waals surface area contributed by atoms with Crippen LogP contribution in [0.25, 0.3) is 22.1 Å². The highest BCUT2D eigenvalue weighted by atomic mass is 35.6. The number of carbonyl (C=O) groups is 3. The summed E-state index contributed by atoms with van der Waals surface area (Å²) in [7, 11) is 2.62. The van der Waals surface area contributed by atoms with E-state index in [0.717, 1.165) is 32.0 Å². The zero-order valence-electron chi connectivity index (χ0n) is 22.9. The molecule has 1 saturated heterocycles. The fraction of sp³-hybridized carbons (Fsp3) is 0.393. The SMILES string of the molecule is COC(=O)c1cccc2[nH]c(C(=O)NC3CCN(C4CC4)CC3)nc12.COC(=O)c1cccc2[nH]c(C(Cl)(Cl)Cl)nc12. The number of methoxy groups -OCH3 is 2. The summed E-state index contributed by atoms with van der Waals surface area (Å²) in [5.74, 6) is -0.781. The summed E-state index contributed by atoms with van der Waals surface area (Å²) in [6.07, 6.45) is 4.57. The molecular formula is C28H29Cl3N6O5. The number of esters is 2. The Balaban J connectivity index is 0.000000181. The summed E-state index contributed by atoms with van der Waals surface area (Å²) in [5, 5.41) is 3.06. The lowest BCUT2D eigenvalue weighted by Crippen LogP contribution is -2.45. The van der Waals surface area contributed by atoms with Crippen molar-refractivity contribution in [1.82, 2.24) is 30.2 Å². The van der Waals surface area contributed by atoms with Gasteiger partial charge in [0.25, 0.3) is 5.91 Å². The molecule has 0 atom stereocenters. The summed E-state index contributed by atoms with van der Waals surface area (Å²) < 4.78 is 7.76. The maximum atomic E-state index is 12.5. The van der Waals surface area contributed by atoms with Gasteiger partial charge < -0.3 is 29.7 Å². The monoisotopic (exact) mass is 634 g/mol. The molecule has 1 aliphatic carbocycles. The van der Waals surface area contributed by atoms with Crippen molar-refractivity contribution in [2.24, 2.45) is 0 Å². The lowest BCUT2D eigenvalue weighted by Gasteiger charge is -2.32. The van der Waals surface area contributed by atoms with E-state index in [1.807, 2.05) is 0 Å². The Morgan fingerprint density at radius 2 is 1.40 bits per heavy atom. The summed E-state index contributed by atoms with van der Waals surface area (Å²) >= 11 is 17.2. The van der Waals surface area contributed by atoms with Crippen molar-refractivity contribution in [2.75, 3.05) is 27.3 Å². The van der Waals surface area contributed by atoms with E-state index >= 15 is 0 Å². The highest BCUT2D eigenvalue weighted by Gasteiger charge is 2.32. The third-order valence-corrected chi connectivity index (χ3v) is 7.78. The molecule has 4 aromatic rings. The Bertz CT molecular complexity index is 1620. The molecule has 6 rings (SSSR count). The smallest absolute Gasteiger partial charge is 0.340 e. The van der Waals surface area contributed by atoms with E-state index in [-0.39, 0.29) is 23.6 Å². The molecule has 14 heteroatoms. The van der Waals surface area contributed by atoms with Gasteiger partial charge in [-0.3, -0.25) is 4.79 Å². The van der Waals surface area contributed by atoms with E-state index in [4.69, 9.17) is 39.5 Å². The Hall–Kier alpha value is -3.38. The van der Waals surface area contributed by atoms with Gasteiger partial charge >= 0.3 is 11.9 Å². The van der Waals surface area contributed by atoms with Crippen molar-refractivity contribution >= 4 is 74.7 Å². The van der Waals surface area contributed by atoms with E-state index in [1.54, 1.807) is 36.4 Å². The number of H-pyrrole nitrogens is 2. The van der Waals surface area contributed by atoms with E-state index in [1.165, 1.54) is 27.1 Å². The van der Waals surface area contributed by atoms with Crippen LogP contribution < -0.4 is 5.32 Å². The number of amides is 1. The number of fused-ring (bicyclic) bond motifs is 2. The van der Waals surface area contributed by atoms with Crippen LogP contribution in [0.3, 0.4) is 0 Å². The summed E-state index contributed by atoms with van der Waals surface area (Å²) in [4.78, 5) is 52.7. The molecule has 42 heavy (non-hydrogen) atoms. The number of benzene rings is 2. The molecule has 1 amide bonds. The molecule has 1 aliphatic heterocycles. The number of para-hydroxylation sites is 2. The quantitative estimate of drug-likeness (QED) is 0.208. The average Bonchev–Trinajstić information content (AvgIpc) is 3.56. The lowest BCUT2D eigenvalue weighted by atomic mass is 10.0. The number of imidazole rings is 2. The van der Waals surface area contributed by atoms with Gasteiger partial charge in [-0.1, -0.05) is 46.9 Å². The Labute approximate surface area is 256 Å². The number of hydrogen-bond donors (Lipinski definition) is 3. The molecule has 0 radical (unpaired) electrons. The second kappa shape index (κ2) is 12.5. The second-order valence-corrected chi connectivity index (χ2v) is 12.4. The van der Waals surface area contributed by atoms with Crippen molar-refractivity contribution in [3.63, 3.8) is 0 Å². The molecule has 3 N–H and O–H groups in total. The van der Waals surface area contributed by atoms with E-state index in [2.05, 4.69) is 34.9 Å². The van der Waals surface area contributed by atoms with Crippen LogP contribution in [-0.2, 0) is 13.3 Å². The number of nitrogens with zero attached hydrogens (tertiary/aromatic N) is 3. The van der Waals surface area contributed by atoms with E-state index < -0.39 is 15.7 Å². The number of aromatic amines is 2. The fourth-order valence-electron chi connectivity index (χ4n) is 4.96.